The lowest BCUT2D eigenvalue weighted by molar-refractivity contribution is 0.0711. The molecule has 0 saturated carbocycles. The maximum absolute atomic E-state index is 12.8. The monoisotopic (exact) mass is 425 g/mol. The minimum absolute atomic E-state index is 0.0234. The molecule has 5 rings (SSSR count). The van der Waals surface area contributed by atoms with Crippen molar-refractivity contribution >= 4 is 5.91 Å². The fraction of sp³-hybridized carbons (Fsp3) is 0.240. The molecule has 4 aromatic rings. The summed E-state index contributed by atoms with van der Waals surface area (Å²) in [5.41, 5.74) is 4.22. The largest absolute Gasteiger partial charge is 0.356 e. The van der Waals surface area contributed by atoms with Gasteiger partial charge in [-0.3, -0.25) is 9.78 Å². The van der Waals surface area contributed by atoms with Crippen molar-refractivity contribution in [3.63, 3.8) is 0 Å². The van der Waals surface area contributed by atoms with E-state index in [1.165, 1.54) is 0 Å². The van der Waals surface area contributed by atoms with Gasteiger partial charge in [0.25, 0.3) is 5.91 Å². The molecule has 32 heavy (non-hydrogen) atoms. The van der Waals surface area contributed by atoms with Gasteiger partial charge in [0.15, 0.2) is 11.6 Å². The minimum atomic E-state index is 0.0234. The molecule has 1 fully saturated rings. The highest BCUT2D eigenvalue weighted by molar-refractivity contribution is 5.93. The fourth-order valence-electron chi connectivity index (χ4n) is 4.14. The molecule has 1 amide bonds. The molecule has 0 atom stereocenters. The number of aryl methyl sites for hydroxylation is 1. The van der Waals surface area contributed by atoms with Gasteiger partial charge in [0.1, 0.15) is 0 Å². The van der Waals surface area contributed by atoms with E-state index in [0.717, 1.165) is 35.4 Å². The van der Waals surface area contributed by atoms with Gasteiger partial charge in [-0.25, -0.2) is 9.97 Å². The number of hydrogen-bond acceptors (Lipinski definition) is 6. The third-order valence-corrected chi connectivity index (χ3v) is 5.82. The van der Waals surface area contributed by atoms with Crippen LogP contribution < -0.4 is 0 Å². The Morgan fingerprint density at radius 2 is 1.88 bits per heavy atom. The first-order valence-corrected chi connectivity index (χ1v) is 10.7. The molecular formula is C25H23N5O2. The summed E-state index contributed by atoms with van der Waals surface area (Å²) < 4.78 is 5.54. The van der Waals surface area contributed by atoms with Crippen LogP contribution in [0, 0.1) is 6.92 Å². The molecule has 0 aliphatic carbocycles. The van der Waals surface area contributed by atoms with E-state index in [0.29, 0.717) is 30.2 Å². The number of benzene rings is 1. The van der Waals surface area contributed by atoms with Gasteiger partial charge in [0.05, 0.1) is 22.5 Å². The first-order chi connectivity index (χ1) is 15.7. The van der Waals surface area contributed by atoms with Gasteiger partial charge in [0, 0.05) is 49.2 Å². The molecule has 1 aromatic carbocycles. The molecule has 0 radical (unpaired) electrons. The summed E-state index contributed by atoms with van der Waals surface area (Å²) in [6, 6.07) is 15.5. The van der Waals surface area contributed by atoms with Gasteiger partial charge in [0.2, 0.25) is 0 Å². The zero-order chi connectivity index (χ0) is 21.9. The molecule has 0 bridgehead atoms. The highest BCUT2D eigenvalue weighted by Crippen LogP contribution is 2.35. The van der Waals surface area contributed by atoms with Crippen molar-refractivity contribution in [2.45, 2.75) is 25.7 Å². The van der Waals surface area contributed by atoms with Gasteiger partial charge in [-0.1, -0.05) is 35.5 Å². The summed E-state index contributed by atoms with van der Waals surface area (Å²) in [6.45, 7) is 3.23. The van der Waals surface area contributed by atoms with Crippen molar-refractivity contribution in [3.05, 3.63) is 84.1 Å². The zero-order valence-corrected chi connectivity index (χ0v) is 17.8. The Morgan fingerprint density at radius 1 is 1.06 bits per heavy atom. The van der Waals surface area contributed by atoms with Crippen LogP contribution in [0.25, 0.3) is 22.7 Å². The van der Waals surface area contributed by atoms with Gasteiger partial charge < -0.3 is 9.42 Å². The van der Waals surface area contributed by atoms with Crippen LogP contribution in [0.5, 0.6) is 0 Å². The number of pyridine rings is 1. The normalized spacial score (nSPS) is 14.5. The first-order valence-electron chi connectivity index (χ1n) is 10.7. The number of nitrogens with zero attached hydrogens (tertiary/aromatic N) is 5. The van der Waals surface area contributed by atoms with E-state index in [1.54, 1.807) is 18.5 Å². The Bertz CT molecular complexity index is 1220. The highest BCUT2D eigenvalue weighted by atomic mass is 16.5. The molecule has 7 heteroatoms. The molecule has 4 heterocycles. The Morgan fingerprint density at radius 3 is 2.56 bits per heavy atom. The number of rotatable bonds is 4. The molecule has 160 valence electrons. The number of piperidine rings is 1. The maximum Gasteiger partial charge on any atom is 0.255 e. The summed E-state index contributed by atoms with van der Waals surface area (Å²) >= 11 is 0. The van der Waals surface area contributed by atoms with E-state index in [4.69, 9.17) is 9.51 Å². The maximum atomic E-state index is 12.8. The summed E-state index contributed by atoms with van der Waals surface area (Å²) in [4.78, 5) is 28.3. The Balaban J connectivity index is 1.43. The molecule has 0 unspecified atom stereocenters. The molecule has 0 N–H and O–H groups in total. The van der Waals surface area contributed by atoms with Crippen molar-refractivity contribution in [3.8, 4) is 22.7 Å². The smallest absolute Gasteiger partial charge is 0.255 e. The highest BCUT2D eigenvalue weighted by Gasteiger charge is 2.28. The predicted octanol–water partition coefficient (Wildman–Crippen LogP) is 4.52. The zero-order valence-electron chi connectivity index (χ0n) is 17.8. The summed E-state index contributed by atoms with van der Waals surface area (Å²) in [5.74, 6) is 1.58. The molecular weight excluding hydrogens is 402 g/mol. The van der Waals surface area contributed by atoms with Crippen LogP contribution in [0.2, 0.25) is 0 Å². The van der Waals surface area contributed by atoms with Crippen molar-refractivity contribution < 1.29 is 9.32 Å². The van der Waals surface area contributed by atoms with Crippen LogP contribution in [0.15, 0.2) is 71.6 Å². The van der Waals surface area contributed by atoms with E-state index in [9.17, 15) is 4.79 Å². The van der Waals surface area contributed by atoms with Crippen LogP contribution in [-0.4, -0.2) is 44.0 Å². The van der Waals surface area contributed by atoms with Crippen LogP contribution in [-0.2, 0) is 0 Å². The van der Waals surface area contributed by atoms with Gasteiger partial charge in [-0.15, -0.1) is 0 Å². The molecule has 1 saturated heterocycles. The lowest BCUT2D eigenvalue weighted by Gasteiger charge is -2.32. The molecule has 1 aliphatic heterocycles. The lowest BCUT2D eigenvalue weighted by Crippen LogP contribution is -2.38. The van der Waals surface area contributed by atoms with Crippen LogP contribution in [0.3, 0.4) is 0 Å². The second kappa shape index (κ2) is 8.70. The van der Waals surface area contributed by atoms with Crippen molar-refractivity contribution in [2.24, 2.45) is 0 Å². The van der Waals surface area contributed by atoms with E-state index >= 15 is 0 Å². The topological polar surface area (TPSA) is 85.0 Å². The number of aromatic nitrogens is 4. The van der Waals surface area contributed by atoms with E-state index in [1.807, 2.05) is 60.5 Å². The quantitative estimate of drug-likeness (QED) is 0.478. The van der Waals surface area contributed by atoms with Crippen molar-refractivity contribution in [2.75, 3.05) is 13.1 Å². The predicted molar refractivity (Wildman–Crippen MR) is 120 cm³/mol. The number of likely N-dealkylation sites (tertiary alicyclic amines) is 1. The average Bonchev–Trinajstić information content (AvgIpc) is 3.30. The Labute approximate surface area is 186 Å². The average molecular weight is 425 g/mol. The molecule has 3 aromatic heterocycles. The standard InChI is InChI=1S/C25H23N5O2/c1-17-14-22(32-29-17)21-16-27-24(19-6-3-2-4-7-19)28-23(21)18-9-12-30(13-10-18)25(31)20-8-5-11-26-15-20/h2-8,11,14-16,18H,9-10,12-13H2,1H3. The van der Waals surface area contributed by atoms with E-state index < -0.39 is 0 Å². The first kappa shape index (κ1) is 20.1. The SMILES string of the molecule is Cc1cc(-c2cnc(-c3ccccc3)nc2C2CCN(C(=O)c3cccnc3)CC2)on1. The van der Waals surface area contributed by atoms with Crippen LogP contribution >= 0.6 is 0 Å². The second-order valence-electron chi connectivity index (χ2n) is 8.00. The van der Waals surface area contributed by atoms with Gasteiger partial charge >= 0.3 is 0 Å². The van der Waals surface area contributed by atoms with Crippen LogP contribution in [0.1, 0.15) is 40.5 Å². The van der Waals surface area contributed by atoms with E-state index in [2.05, 4.69) is 15.1 Å². The summed E-state index contributed by atoms with van der Waals surface area (Å²) in [6.07, 6.45) is 6.76. The summed E-state index contributed by atoms with van der Waals surface area (Å²) in [5, 5.41) is 4.04. The Hall–Kier alpha value is -3.87. The molecule has 0 spiro atoms. The fourth-order valence-corrected chi connectivity index (χ4v) is 4.14. The van der Waals surface area contributed by atoms with Crippen LogP contribution in [0.4, 0.5) is 0 Å². The number of amides is 1. The number of hydrogen-bond donors (Lipinski definition) is 0. The summed E-state index contributed by atoms with van der Waals surface area (Å²) in [7, 11) is 0. The number of carbonyl (C=O) groups excluding carboxylic acids is 1. The molecule has 7 nitrogen and oxygen atoms in total. The van der Waals surface area contributed by atoms with Gasteiger partial charge in [-0.05, 0) is 31.9 Å². The third-order valence-electron chi connectivity index (χ3n) is 5.82. The minimum Gasteiger partial charge on any atom is -0.356 e. The third kappa shape index (κ3) is 4.01. The van der Waals surface area contributed by atoms with Crippen molar-refractivity contribution in [1.82, 2.24) is 25.0 Å². The Kier molecular flexibility index (Phi) is 5.46. The second-order valence-corrected chi connectivity index (χ2v) is 8.00. The lowest BCUT2D eigenvalue weighted by atomic mass is 9.89. The van der Waals surface area contributed by atoms with Crippen molar-refractivity contribution in [1.29, 1.82) is 0 Å². The van der Waals surface area contributed by atoms with Gasteiger partial charge in [-0.2, -0.15) is 0 Å². The molecule has 1 aliphatic rings. The number of carbonyl (C=O) groups is 1. The van der Waals surface area contributed by atoms with E-state index in [-0.39, 0.29) is 11.8 Å².